The van der Waals surface area contributed by atoms with E-state index in [0.29, 0.717) is 41.4 Å². The van der Waals surface area contributed by atoms with Crippen molar-refractivity contribution < 1.29 is 18.0 Å². The maximum Gasteiger partial charge on any atom is 0.255 e. The van der Waals surface area contributed by atoms with Crippen molar-refractivity contribution >= 4 is 27.4 Å². The minimum atomic E-state index is -3.58. The topological polar surface area (TPSA) is 83.6 Å². The first-order valence-corrected chi connectivity index (χ1v) is 12.8. The van der Waals surface area contributed by atoms with Crippen molar-refractivity contribution in [3.05, 3.63) is 95.1 Å². The van der Waals surface area contributed by atoms with Gasteiger partial charge in [-0.3, -0.25) is 9.59 Å². The standard InChI is InChI=1S/C27H28N2O4S/c1-19-14-16-29(17-15-19)34(32,33)23-11-9-22(10-12-23)27(31)28-25-13-8-20(2)18-24(25)26(30)21-6-4-3-5-7-21/h3-13,18-19H,14-17H2,1-2H3,(H,28,31). The lowest BCUT2D eigenvalue weighted by Gasteiger charge is -2.29. The molecule has 1 heterocycles. The maximum atomic E-state index is 13.0. The molecular weight excluding hydrogens is 448 g/mol. The van der Waals surface area contributed by atoms with E-state index >= 15 is 0 Å². The third kappa shape index (κ3) is 5.11. The van der Waals surface area contributed by atoms with E-state index in [9.17, 15) is 18.0 Å². The zero-order chi connectivity index (χ0) is 24.3. The monoisotopic (exact) mass is 476 g/mol. The van der Waals surface area contributed by atoms with Gasteiger partial charge in [0, 0.05) is 29.8 Å². The number of hydrogen-bond donors (Lipinski definition) is 1. The van der Waals surface area contributed by atoms with Crippen LogP contribution in [0.25, 0.3) is 0 Å². The Morgan fingerprint density at radius 1 is 0.882 bits per heavy atom. The first-order chi connectivity index (χ1) is 16.3. The predicted molar refractivity (Wildman–Crippen MR) is 133 cm³/mol. The summed E-state index contributed by atoms with van der Waals surface area (Å²) in [4.78, 5) is 26.1. The average molecular weight is 477 g/mol. The number of anilines is 1. The number of piperidine rings is 1. The lowest BCUT2D eigenvalue weighted by Crippen LogP contribution is -2.37. The molecule has 1 fully saturated rings. The summed E-state index contributed by atoms with van der Waals surface area (Å²) >= 11 is 0. The van der Waals surface area contributed by atoms with Crippen molar-refractivity contribution in [2.24, 2.45) is 5.92 Å². The van der Waals surface area contributed by atoms with Crippen LogP contribution >= 0.6 is 0 Å². The van der Waals surface area contributed by atoms with Gasteiger partial charge < -0.3 is 5.32 Å². The van der Waals surface area contributed by atoms with Gasteiger partial charge in [-0.15, -0.1) is 0 Å². The van der Waals surface area contributed by atoms with Gasteiger partial charge in [-0.25, -0.2) is 8.42 Å². The molecular formula is C27H28N2O4S. The van der Waals surface area contributed by atoms with Crippen molar-refractivity contribution in [1.82, 2.24) is 4.31 Å². The van der Waals surface area contributed by atoms with E-state index in [1.54, 1.807) is 36.4 Å². The second kappa shape index (κ2) is 9.91. The van der Waals surface area contributed by atoms with Crippen molar-refractivity contribution in [3.63, 3.8) is 0 Å². The Bertz CT molecular complexity index is 1290. The molecule has 0 unspecified atom stereocenters. The van der Waals surface area contributed by atoms with E-state index in [0.717, 1.165) is 18.4 Å². The molecule has 0 bridgehead atoms. The van der Waals surface area contributed by atoms with Crippen LogP contribution in [0.4, 0.5) is 5.69 Å². The molecule has 4 rings (SSSR count). The van der Waals surface area contributed by atoms with E-state index in [1.807, 2.05) is 19.1 Å². The number of carbonyl (C=O) groups is 2. The van der Waals surface area contributed by atoms with Crippen molar-refractivity contribution in [2.45, 2.75) is 31.6 Å². The molecule has 176 valence electrons. The highest BCUT2D eigenvalue weighted by molar-refractivity contribution is 7.89. The molecule has 0 saturated carbocycles. The molecule has 1 aliphatic rings. The Labute approximate surface area is 200 Å². The van der Waals surface area contributed by atoms with Crippen LogP contribution in [0.15, 0.2) is 77.7 Å². The number of carbonyl (C=O) groups excluding carboxylic acids is 2. The van der Waals surface area contributed by atoms with Crippen molar-refractivity contribution in [1.29, 1.82) is 0 Å². The highest BCUT2D eigenvalue weighted by atomic mass is 32.2. The Morgan fingerprint density at radius 3 is 2.18 bits per heavy atom. The Hall–Kier alpha value is -3.29. The molecule has 1 amide bonds. The van der Waals surface area contributed by atoms with Gasteiger partial charge in [0.2, 0.25) is 10.0 Å². The highest BCUT2D eigenvalue weighted by Crippen LogP contribution is 2.25. The molecule has 7 heteroatoms. The molecule has 0 spiro atoms. The molecule has 6 nitrogen and oxygen atoms in total. The summed E-state index contributed by atoms with van der Waals surface area (Å²) < 4.78 is 27.4. The molecule has 0 aliphatic carbocycles. The van der Waals surface area contributed by atoms with E-state index in [2.05, 4.69) is 12.2 Å². The molecule has 3 aromatic rings. The van der Waals surface area contributed by atoms with Crippen LogP contribution in [0.3, 0.4) is 0 Å². The SMILES string of the molecule is Cc1ccc(NC(=O)c2ccc(S(=O)(=O)N3CCC(C)CC3)cc2)c(C(=O)c2ccccc2)c1. The van der Waals surface area contributed by atoms with Crippen molar-refractivity contribution in [3.8, 4) is 0 Å². The number of amides is 1. The van der Waals surface area contributed by atoms with Crippen LogP contribution in [0.5, 0.6) is 0 Å². The van der Waals surface area contributed by atoms with Gasteiger partial charge in [-0.1, -0.05) is 48.9 Å². The van der Waals surface area contributed by atoms with Gasteiger partial charge in [-0.2, -0.15) is 4.31 Å². The fourth-order valence-electron chi connectivity index (χ4n) is 4.05. The minimum Gasteiger partial charge on any atom is -0.321 e. The maximum absolute atomic E-state index is 13.0. The summed E-state index contributed by atoms with van der Waals surface area (Å²) in [7, 11) is -3.58. The third-order valence-electron chi connectivity index (χ3n) is 6.20. The number of sulfonamides is 1. The summed E-state index contributed by atoms with van der Waals surface area (Å²) in [6.07, 6.45) is 1.70. The summed E-state index contributed by atoms with van der Waals surface area (Å²) in [6.45, 7) is 5.04. The van der Waals surface area contributed by atoms with Crippen LogP contribution in [0.1, 0.15) is 51.6 Å². The molecule has 0 aromatic heterocycles. The lowest BCUT2D eigenvalue weighted by atomic mass is 9.99. The second-order valence-corrected chi connectivity index (χ2v) is 10.7. The molecule has 0 radical (unpaired) electrons. The number of nitrogens with zero attached hydrogens (tertiary/aromatic N) is 1. The zero-order valence-electron chi connectivity index (χ0n) is 19.3. The molecule has 1 N–H and O–H groups in total. The zero-order valence-corrected chi connectivity index (χ0v) is 20.1. The van der Waals surface area contributed by atoms with Crippen LogP contribution in [0.2, 0.25) is 0 Å². The van der Waals surface area contributed by atoms with E-state index in [4.69, 9.17) is 0 Å². The van der Waals surface area contributed by atoms with E-state index < -0.39 is 15.9 Å². The molecule has 0 atom stereocenters. The quantitative estimate of drug-likeness (QED) is 0.513. The van der Waals surface area contributed by atoms with Crippen LogP contribution in [-0.2, 0) is 10.0 Å². The lowest BCUT2D eigenvalue weighted by molar-refractivity contribution is 0.102. The minimum absolute atomic E-state index is 0.175. The number of rotatable bonds is 6. The van der Waals surface area contributed by atoms with Crippen LogP contribution in [-0.4, -0.2) is 37.5 Å². The number of hydrogen-bond acceptors (Lipinski definition) is 4. The number of aryl methyl sites for hydroxylation is 1. The summed E-state index contributed by atoms with van der Waals surface area (Å²) in [6, 6.07) is 20.1. The van der Waals surface area contributed by atoms with Gasteiger partial charge in [0.15, 0.2) is 5.78 Å². The van der Waals surface area contributed by atoms with Gasteiger partial charge in [0.1, 0.15) is 0 Å². The molecule has 3 aromatic carbocycles. The summed E-state index contributed by atoms with van der Waals surface area (Å²) in [5.74, 6) is -0.0726. The summed E-state index contributed by atoms with van der Waals surface area (Å²) in [5, 5.41) is 2.81. The Balaban J connectivity index is 1.53. The van der Waals surface area contributed by atoms with E-state index in [1.165, 1.54) is 28.6 Å². The van der Waals surface area contributed by atoms with Crippen LogP contribution in [0, 0.1) is 12.8 Å². The smallest absolute Gasteiger partial charge is 0.255 e. The van der Waals surface area contributed by atoms with Gasteiger partial charge in [0.25, 0.3) is 5.91 Å². The highest BCUT2D eigenvalue weighted by Gasteiger charge is 2.28. The fourth-order valence-corrected chi connectivity index (χ4v) is 5.52. The van der Waals surface area contributed by atoms with Gasteiger partial charge in [0.05, 0.1) is 10.6 Å². The number of nitrogens with one attached hydrogen (secondary N) is 1. The Kier molecular flexibility index (Phi) is 6.95. The van der Waals surface area contributed by atoms with Crippen LogP contribution < -0.4 is 5.32 Å². The largest absolute Gasteiger partial charge is 0.321 e. The average Bonchev–Trinajstić information content (AvgIpc) is 2.85. The molecule has 1 saturated heterocycles. The normalized spacial score (nSPS) is 15.1. The Morgan fingerprint density at radius 2 is 1.53 bits per heavy atom. The first-order valence-electron chi connectivity index (χ1n) is 11.4. The summed E-state index contributed by atoms with van der Waals surface area (Å²) in [5.41, 5.74) is 2.55. The number of ketones is 1. The predicted octanol–water partition coefficient (Wildman–Crippen LogP) is 4.90. The fraction of sp³-hybridized carbons (Fsp3) is 0.259. The van der Waals surface area contributed by atoms with Crippen molar-refractivity contribution in [2.75, 3.05) is 18.4 Å². The van der Waals surface area contributed by atoms with Gasteiger partial charge in [-0.05, 0) is 62.1 Å². The molecule has 34 heavy (non-hydrogen) atoms. The first kappa shape index (κ1) is 23.9. The van der Waals surface area contributed by atoms with Gasteiger partial charge >= 0.3 is 0 Å². The molecule has 1 aliphatic heterocycles. The number of benzene rings is 3. The van der Waals surface area contributed by atoms with E-state index in [-0.39, 0.29) is 10.7 Å². The third-order valence-corrected chi connectivity index (χ3v) is 8.11. The second-order valence-electron chi connectivity index (χ2n) is 8.81.